The summed E-state index contributed by atoms with van der Waals surface area (Å²) < 4.78 is 6.15. The van der Waals surface area contributed by atoms with E-state index in [4.69, 9.17) is 4.74 Å². The number of fused-ring (bicyclic) bond motifs is 1. The largest absolute Gasteiger partial charge is 0.444 e. The molecule has 2 atom stereocenters. The van der Waals surface area contributed by atoms with Gasteiger partial charge >= 0.3 is 6.09 Å². The molecule has 148 valence electrons. The van der Waals surface area contributed by atoms with Crippen molar-refractivity contribution in [1.29, 1.82) is 0 Å². The van der Waals surface area contributed by atoms with Crippen molar-refractivity contribution in [3.8, 4) is 0 Å². The van der Waals surface area contributed by atoms with E-state index in [-0.39, 0.29) is 5.91 Å². The van der Waals surface area contributed by atoms with Gasteiger partial charge in [-0.3, -0.25) is 14.5 Å². The highest BCUT2D eigenvalue weighted by molar-refractivity contribution is 9.10. The van der Waals surface area contributed by atoms with Crippen molar-refractivity contribution in [2.24, 2.45) is 0 Å². The number of amides is 3. The first-order chi connectivity index (χ1) is 12.5. The molecule has 2 N–H and O–H groups in total. The summed E-state index contributed by atoms with van der Waals surface area (Å²) in [5.74, 6) is -0.678. The van der Waals surface area contributed by atoms with Gasteiger partial charge in [-0.15, -0.1) is 0 Å². The molecule has 3 amide bonds. The van der Waals surface area contributed by atoms with Crippen molar-refractivity contribution in [1.82, 2.24) is 10.2 Å². The van der Waals surface area contributed by atoms with Gasteiger partial charge in [0.25, 0.3) is 0 Å². The zero-order chi connectivity index (χ0) is 20.4. The Morgan fingerprint density at radius 2 is 2.04 bits per heavy atom. The van der Waals surface area contributed by atoms with Gasteiger partial charge in [-0.2, -0.15) is 0 Å². The Morgan fingerprint density at radius 3 is 2.67 bits per heavy atom. The van der Waals surface area contributed by atoms with Crippen LogP contribution in [0.15, 0.2) is 22.7 Å². The third-order valence-electron chi connectivity index (χ3n) is 4.31. The highest BCUT2D eigenvalue weighted by atomic mass is 79.9. The molecule has 1 aliphatic heterocycles. The van der Waals surface area contributed by atoms with E-state index in [0.29, 0.717) is 12.8 Å². The van der Waals surface area contributed by atoms with Crippen molar-refractivity contribution in [3.63, 3.8) is 0 Å². The Bertz CT molecular complexity index is 745. The van der Waals surface area contributed by atoms with Gasteiger partial charge in [0.2, 0.25) is 11.8 Å². The molecule has 0 aliphatic carbocycles. The molecule has 0 spiro atoms. The van der Waals surface area contributed by atoms with Crippen LogP contribution in [-0.2, 0) is 20.7 Å². The monoisotopic (exact) mass is 439 g/mol. The molecule has 8 heteroatoms. The first-order valence-corrected chi connectivity index (χ1v) is 9.62. The molecular weight excluding hydrogens is 414 g/mol. The molecule has 0 aromatic heterocycles. The van der Waals surface area contributed by atoms with Gasteiger partial charge in [0.1, 0.15) is 17.7 Å². The van der Waals surface area contributed by atoms with Crippen LogP contribution >= 0.6 is 15.9 Å². The summed E-state index contributed by atoms with van der Waals surface area (Å²) in [5.41, 5.74) is 1.11. The van der Waals surface area contributed by atoms with Gasteiger partial charge in [-0.05, 0) is 58.2 Å². The predicted octanol–water partition coefficient (Wildman–Crippen LogP) is 3.07. The van der Waals surface area contributed by atoms with Gasteiger partial charge < -0.3 is 15.4 Å². The molecule has 0 saturated carbocycles. The van der Waals surface area contributed by atoms with E-state index in [1.165, 1.54) is 11.9 Å². The van der Waals surface area contributed by atoms with E-state index in [9.17, 15) is 14.4 Å². The second kappa shape index (κ2) is 8.29. The summed E-state index contributed by atoms with van der Waals surface area (Å²) >= 11 is 3.39. The molecule has 0 bridgehead atoms. The summed E-state index contributed by atoms with van der Waals surface area (Å²) in [6.45, 7) is 6.87. The van der Waals surface area contributed by atoms with Crippen LogP contribution in [0, 0.1) is 0 Å². The van der Waals surface area contributed by atoms with Crippen LogP contribution in [0.4, 0.5) is 10.5 Å². The zero-order valence-corrected chi connectivity index (χ0v) is 17.8. The standard InChI is InChI=1S/C19H26BrN3O4/c1-11(23(5)18(26)27-19(2,3)4)16(24)21-14-9-7-12-6-8-13(20)10-15(12)22-17(14)25/h6,8,10-11,14H,7,9H2,1-5H3,(H,21,24)(H,22,25)/t11?,14-/m0/s1. The lowest BCUT2D eigenvalue weighted by Crippen LogP contribution is -2.52. The first-order valence-electron chi connectivity index (χ1n) is 8.83. The summed E-state index contributed by atoms with van der Waals surface area (Å²) in [4.78, 5) is 38.4. The van der Waals surface area contributed by atoms with Crippen molar-refractivity contribution < 1.29 is 19.1 Å². The Kier molecular flexibility index (Phi) is 6.51. The van der Waals surface area contributed by atoms with Crippen LogP contribution < -0.4 is 10.6 Å². The molecule has 1 unspecified atom stereocenters. The van der Waals surface area contributed by atoms with Crippen LogP contribution in [0.25, 0.3) is 0 Å². The number of rotatable bonds is 3. The average molecular weight is 440 g/mol. The third kappa shape index (κ3) is 5.69. The average Bonchev–Trinajstić information content (AvgIpc) is 2.70. The first kappa shape index (κ1) is 21.2. The van der Waals surface area contributed by atoms with Crippen LogP contribution in [-0.4, -0.2) is 47.5 Å². The second-order valence-electron chi connectivity index (χ2n) is 7.66. The molecule has 0 fully saturated rings. The summed E-state index contributed by atoms with van der Waals surface area (Å²) in [5, 5.41) is 5.60. The number of hydrogen-bond acceptors (Lipinski definition) is 4. The van der Waals surface area contributed by atoms with E-state index in [1.807, 2.05) is 18.2 Å². The van der Waals surface area contributed by atoms with E-state index < -0.39 is 29.7 Å². The molecular formula is C19H26BrN3O4. The molecule has 27 heavy (non-hydrogen) atoms. The number of anilines is 1. The van der Waals surface area contributed by atoms with Crippen molar-refractivity contribution in [2.45, 2.75) is 58.2 Å². The Morgan fingerprint density at radius 1 is 1.37 bits per heavy atom. The van der Waals surface area contributed by atoms with E-state index >= 15 is 0 Å². The number of halogens is 1. The molecule has 2 rings (SSSR count). The molecule has 7 nitrogen and oxygen atoms in total. The Labute approximate surface area is 167 Å². The number of aryl methyl sites for hydroxylation is 1. The quantitative estimate of drug-likeness (QED) is 0.757. The van der Waals surface area contributed by atoms with Crippen LogP contribution in [0.2, 0.25) is 0 Å². The molecule has 1 aliphatic rings. The number of carbonyl (C=O) groups is 3. The molecule has 1 heterocycles. The Balaban J connectivity index is 2.01. The number of nitrogens with zero attached hydrogens (tertiary/aromatic N) is 1. The number of hydrogen-bond donors (Lipinski definition) is 2. The SMILES string of the molecule is CC(C(=O)N[C@H]1CCc2ccc(Br)cc2NC1=O)N(C)C(=O)OC(C)(C)C. The van der Waals surface area contributed by atoms with Crippen LogP contribution in [0.1, 0.15) is 39.7 Å². The van der Waals surface area contributed by atoms with E-state index in [1.54, 1.807) is 27.7 Å². The van der Waals surface area contributed by atoms with Crippen molar-refractivity contribution in [2.75, 3.05) is 12.4 Å². The molecule has 0 radical (unpaired) electrons. The highest BCUT2D eigenvalue weighted by Crippen LogP contribution is 2.26. The molecule has 0 saturated heterocycles. The third-order valence-corrected chi connectivity index (χ3v) is 4.80. The fourth-order valence-corrected chi connectivity index (χ4v) is 2.99. The van der Waals surface area contributed by atoms with Gasteiger partial charge in [-0.1, -0.05) is 22.0 Å². The molecule has 1 aromatic carbocycles. The predicted molar refractivity (Wildman–Crippen MR) is 106 cm³/mol. The normalized spacial score (nSPS) is 17.9. The summed E-state index contributed by atoms with van der Waals surface area (Å²) in [6, 6.07) is 4.27. The fourth-order valence-electron chi connectivity index (χ4n) is 2.63. The van der Waals surface area contributed by atoms with Gasteiger partial charge in [0.05, 0.1) is 0 Å². The smallest absolute Gasteiger partial charge is 0.410 e. The Hall–Kier alpha value is -2.09. The number of likely N-dealkylation sites (N-methyl/N-ethyl adjacent to an activating group) is 1. The lowest BCUT2D eigenvalue weighted by molar-refractivity contribution is -0.129. The highest BCUT2D eigenvalue weighted by Gasteiger charge is 2.31. The topological polar surface area (TPSA) is 87.7 Å². The minimum atomic E-state index is -0.771. The lowest BCUT2D eigenvalue weighted by Gasteiger charge is -2.29. The number of benzene rings is 1. The number of carbonyl (C=O) groups excluding carboxylic acids is 3. The molecule has 1 aromatic rings. The fraction of sp³-hybridized carbons (Fsp3) is 0.526. The van der Waals surface area contributed by atoms with E-state index in [0.717, 1.165) is 15.7 Å². The minimum absolute atomic E-state index is 0.271. The van der Waals surface area contributed by atoms with Gasteiger partial charge in [0, 0.05) is 17.2 Å². The maximum Gasteiger partial charge on any atom is 0.410 e. The number of ether oxygens (including phenoxy) is 1. The summed E-state index contributed by atoms with van der Waals surface area (Å²) in [6.07, 6.45) is 0.546. The second-order valence-corrected chi connectivity index (χ2v) is 8.57. The van der Waals surface area contributed by atoms with Crippen molar-refractivity contribution in [3.05, 3.63) is 28.2 Å². The van der Waals surface area contributed by atoms with E-state index in [2.05, 4.69) is 26.6 Å². The maximum atomic E-state index is 12.6. The maximum absolute atomic E-state index is 12.6. The minimum Gasteiger partial charge on any atom is -0.444 e. The van der Waals surface area contributed by atoms with Gasteiger partial charge in [-0.25, -0.2) is 4.79 Å². The van der Waals surface area contributed by atoms with Crippen molar-refractivity contribution >= 4 is 39.5 Å². The van der Waals surface area contributed by atoms with Crippen LogP contribution in [0.5, 0.6) is 0 Å². The van der Waals surface area contributed by atoms with Crippen LogP contribution in [0.3, 0.4) is 0 Å². The zero-order valence-electron chi connectivity index (χ0n) is 16.3. The number of nitrogens with one attached hydrogen (secondary N) is 2. The lowest BCUT2D eigenvalue weighted by atomic mass is 10.1. The summed E-state index contributed by atoms with van der Waals surface area (Å²) in [7, 11) is 1.50. The van der Waals surface area contributed by atoms with Gasteiger partial charge in [0.15, 0.2) is 0 Å².